The van der Waals surface area contributed by atoms with Crippen LogP contribution in [0.25, 0.3) is 0 Å². The largest absolute Gasteiger partial charge is 0.317 e. The Morgan fingerprint density at radius 2 is 2.00 bits per heavy atom. The molecule has 1 saturated heterocycles. The predicted molar refractivity (Wildman–Crippen MR) is 77.9 cm³/mol. The summed E-state index contributed by atoms with van der Waals surface area (Å²) < 4.78 is 0. The lowest BCUT2D eigenvalue weighted by atomic mass is 9.96. The first kappa shape index (κ1) is 13.6. The maximum atomic E-state index is 3.70. The highest BCUT2D eigenvalue weighted by atomic mass is 14.9. The smallest absolute Gasteiger partial charge is 0.0294 e. The molecule has 1 aromatic rings. The second-order valence-corrected chi connectivity index (χ2v) is 5.68. The Labute approximate surface area is 111 Å². The second kappa shape index (κ2) is 6.35. The van der Waals surface area contributed by atoms with Gasteiger partial charge in [0.25, 0.3) is 0 Å². The zero-order chi connectivity index (χ0) is 13.0. The summed E-state index contributed by atoms with van der Waals surface area (Å²) >= 11 is 0. The summed E-state index contributed by atoms with van der Waals surface area (Å²) in [6.45, 7) is 10.2. The highest BCUT2D eigenvalue weighted by Gasteiger charge is 2.14. The van der Waals surface area contributed by atoms with Gasteiger partial charge in [-0.3, -0.25) is 0 Å². The lowest BCUT2D eigenvalue weighted by Crippen LogP contribution is -2.34. The first-order valence-corrected chi connectivity index (χ1v) is 7.18. The molecule has 100 valence electrons. The van der Waals surface area contributed by atoms with Crippen molar-refractivity contribution in [2.24, 2.45) is 5.92 Å². The molecule has 1 unspecified atom stereocenters. The molecule has 0 saturated carbocycles. The van der Waals surface area contributed by atoms with Crippen molar-refractivity contribution in [3.05, 3.63) is 34.9 Å². The van der Waals surface area contributed by atoms with Crippen LogP contribution in [0, 0.1) is 19.8 Å². The van der Waals surface area contributed by atoms with Gasteiger partial charge in [0.15, 0.2) is 0 Å². The average Bonchev–Trinajstić information content (AvgIpc) is 2.37. The summed E-state index contributed by atoms with van der Waals surface area (Å²) in [7, 11) is 0. The van der Waals surface area contributed by atoms with Gasteiger partial charge in [0.1, 0.15) is 0 Å². The predicted octanol–water partition coefficient (Wildman–Crippen LogP) is 2.95. The van der Waals surface area contributed by atoms with Crippen molar-refractivity contribution >= 4 is 0 Å². The molecule has 1 fully saturated rings. The summed E-state index contributed by atoms with van der Waals surface area (Å²) in [5.41, 5.74) is 4.19. The average molecular weight is 246 g/mol. The van der Waals surface area contributed by atoms with Crippen molar-refractivity contribution in [1.82, 2.24) is 10.6 Å². The summed E-state index contributed by atoms with van der Waals surface area (Å²) in [5.74, 6) is 0.847. The van der Waals surface area contributed by atoms with Crippen LogP contribution in [0.2, 0.25) is 0 Å². The Morgan fingerprint density at radius 3 is 2.67 bits per heavy atom. The first-order valence-electron chi connectivity index (χ1n) is 7.18. The molecule has 0 amide bonds. The normalized spacial score (nSPS) is 18.8. The summed E-state index contributed by atoms with van der Waals surface area (Å²) in [5, 5.41) is 7.12. The van der Waals surface area contributed by atoms with E-state index in [1.165, 1.54) is 42.6 Å². The molecule has 0 radical (unpaired) electrons. The van der Waals surface area contributed by atoms with E-state index in [1.54, 1.807) is 0 Å². The third kappa shape index (κ3) is 3.56. The summed E-state index contributed by atoms with van der Waals surface area (Å²) in [4.78, 5) is 0. The third-order valence-electron chi connectivity index (χ3n) is 4.06. The fourth-order valence-electron chi connectivity index (χ4n) is 2.85. The molecule has 1 atom stereocenters. The molecule has 1 aliphatic heterocycles. The Balaban J connectivity index is 1.88. The molecule has 2 nitrogen and oxygen atoms in total. The van der Waals surface area contributed by atoms with Crippen LogP contribution in [-0.4, -0.2) is 19.6 Å². The monoisotopic (exact) mass is 246 g/mol. The number of benzene rings is 1. The Morgan fingerprint density at radius 1 is 1.28 bits per heavy atom. The lowest BCUT2D eigenvalue weighted by Gasteiger charge is -2.25. The van der Waals surface area contributed by atoms with E-state index < -0.39 is 0 Å². The number of hydrogen-bond donors (Lipinski definition) is 2. The quantitative estimate of drug-likeness (QED) is 0.853. The first-order chi connectivity index (χ1) is 8.66. The molecule has 0 aromatic heterocycles. The zero-order valence-electron chi connectivity index (χ0n) is 11.9. The van der Waals surface area contributed by atoms with Crippen molar-refractivity contribution in [3.63, 3.8) is 0 Å². The van der Waals surface area contributed by atoms with Crippen LogP contribution >= 0.6 is 0 Å². The summed E-state index contributed by atoms with van der Waals surface area (Å²) in [6, 6.07) is 7.22. The van der Waals surface area contributed by atoms with Gasteiger partial charge in [-0.2, -0.15) is 0 Å². The minimum atomic E-state index is 0.459. The molecule has 1 aliphatic rings. The molecule has 2 rings (SSSR count). The number of aryl methyl sites for hydroxylation is 2. The van der Waals surface area contributed by atoms with Crippen molar-refractivity contribution < 1.29 is 0 Å². The van der Waals surface area contributed by atoms with E-state index in [2.05, 4.69) is 49.6 Å². The van der Waals surface area contributed by atoms with E-state index in [-0.39, 0.29) is 0 Å². The van der Waals surface area contributed by atoms with Crippen molar-refractivity contribution in [2.45, 2.75) is 39.7 Å². The van der Waals surface area contributed by atoms with Gasteiger partial charge in [-0.05, 0) is 70.3 Å². The van der Waals surface area contributed by atoms with Crippen LogP contribution in [0.1, 0.15) is 42.5 Å². The number of piperidine rings is 1. The van der Waals surface area contributed by atoms with Crippen molar-refractivity contribution in [2.75, 3.05) is 19.6 Å². The minimum Gasteiger partial charge on any atom is -0.317 e. The van der Waals surface area contributed by atoms with Crippen molar-refractivity contribution in [1.29, 1.82) is 0 Å². The van der Waals surface area contributed by atoms with Crippen LogP contribution in [0.15, 0.2) is 18.2 Å². The topological polar surface area (TPSA) is 24.1 Å². The van der Waals surface area contributed by atoms with Crippen molar-refractivity contribution in [3.8, 4) is 0 Å². The fraction of sp³-hybridized carbons (Fsp3) is 0.625. The van der Waals surface area contributed by atoms with Gasteiger partial charge in [-0.25, -0.2) is 0 Å². The van der Waals surface area contributed by atoms with E-state index in [0.29, 0.717) is 6.04 Å². The Kier molecular flexibility index (Phi) is 4.79. The SMILES string of the molecule is Cc1ccc(C(C)NCC2CCNCC2)c(C)c1. The third-order valence-corrected chi connectivity index (χ3v) is 4.06. The van der Waals surface area contributed by atoms with E-state index in [4.69, 9.17) is 0 Å². The molecule has 0 bridgehead atoms. The summed E-state index contributed by atoms with van der Waals surface area (Å²) in [6.07, 6.45) is 2.62. The molecular formula is C16H26N2. The second-order valence-electron chi connectivity index (χ2n) is 5.68. The lowest BCUT2D eigenvalue weighted by molar-refractivity contribution is 0.344. The van der Waals surface area contributed by atoms with Gasteiger partial charge in [-0.1, -0.05) is 23.8 Å². The molecule has 2 N–H and O–H groups in total. The van der Waals surface area contributed by atoms with Crippen LogP contribution in [0.5, 0.6) is 0 Å². The molecule has 1 heterocycles. The fourth-order valence-corrected chi connectivity index (χ4v) is 2.85. The van der Waals surface area contributed by atoms with Crippen LogP contribution in [0.3, 0.4) is 0 Å². The maximum Gasteiger partial charge on any atom is 0.0294 e. The van der Waals surface area contributed by atoms with Crippen LogP contribution in [-0.2, 0) is 0 Å². The molecule has 2 heteroatoms. The highest BCUT2D eigenvalue weighted by molar-refractivity contribution is 5.32. The van der Waals surface area contributed by atoms with Crippen LogP contribution in [0.4, 0.5) is 0 Å². The molecule has 18 heavy (non-hydrogen) atoms. The van der Waals surface area contributed by atoms with Gasteiger partial charge < -0.3 is 10.6 Å². The molecular weight excluding hydrogens is 220 g/mol. The van der Waals surface area contributed by atoms with E-state index in [1.807, 2.05) is 0 Å². The van der Waals surface area contributed by atoms with Gasteiger partial charge >= 0.3 is 0 Å². The number of nitrogens with one attached hydrogen (secondary N) is 2. The van der Waals surface area contributed by atoms with Gasteiger partial charge in [0.2, 0.25) is 0 Å². The minimum absolute atomic E-state index is 0.459. The Hall–Kier alpha value is -0.860. The van der Waals surface area contributed by atoms with Gasteiger partial charge in [-0.15, -0.1) is 0 Å². The Bertz CT molecular complexity index is 381. The van der Waals surface area contributed by atoms with Crippen LogP contribution < -0.4 is 10.6 Å². The number of hydrogen-bond acceptors (Lipinski definition) is 2. The van der Waals surface area contributed by atoms with E-state index in [0.717, 1.165) is 12.5 Å². The zero-order valence-corrected chi connectivity index (χ0v) is 11.9. The standard InChI is InChI=1S/C16H26N2/c1-12-4-5-16(13(2)10-12)14(3)18-11-15-6-8-17-9-7-15/h4-5,10,14-15,17-18H,6-9,11H2,1-3H3. The van der Waals surface area contributed by atoms with Gasteiger partial charge in [0.05, 0.1) is 0 Å². The maximum absolute atomic E-state index is 3.70. The van der Waals surface area contributed by atoms with E-state index in [9.17, 15) is 0 Å². The molecule has 0 spiro atoms. The molecule has 0 aliphatic carbocycles. The highest BCUT2D eigenvalue weighted by Crippen LogP contribution is 2.19. The molecule has 1 aromatic carbocycles. The van der Waals surface area contributed by atoms with Gasteiger partial charge in [0, 0.05) is 6.04 Å². The number of rotatable bonds is 4. The van der Waals surface area contributed by atoms with E-state index >= 15 is 0 Å².